The molecule has 2 heterocycles. The number of halogens is 1. The van der Waals surface area contributed by atoms with Crippen LogP contribution in [0.25, 0.3) is 0 Å². The fourth-order valence-corrected chi connectivity index (χ4v) is 5.05. The third kappa shape index (κ3) is 3.24. The number of rotatable bonds is 3. The fraction of sp³-hybridized carbons (Fsp3) is 0.231. The van der Waals surface area contributed by atoms with Crippen LogP contribution in [0.1, 0.15) is 44.6 Å². The van der Waals surface area contributed by atoms with Crippen LogP contribution in [0.5, 0.6) is 5.75 Å². The summed E-state index contributed by atoms with van der Waals surface area (Å²) in [5.74, 6) is -0.262. The van der Waals surface area contributed by atoms with Gasteiger partial charge >= 0.3 is 0 Å². The Labute approximate surface area is 192 Å². The van der Waals surface area contributed by atoms with Crippen LogP contribution in [0.2, 0.25) is 5.02 Å². The average molecular weight is 447 g/mol. The summed E-state index contributed by atoms with van der Waals surface area (Å²) in [6.45, 7) is 2.47. The molecule has 1 N–H and O–H groups in total. The molecule has 2 aliphatic heterocycles. The van der Waals surface area contributed by atoms with Crippen molar-refractivity contribution >= 4 is 29.1 Å². The number of benzene rings is 3. The Kier molecular flexibility index (Phi) is 5.14. The van der Waals surface area contributed by atoms with Crippen LogP contribution < -0.4 is 10.1 Å². The van der Waals surface area contributed by atoms with Crippen molar-refractivity contribution in [2.45, 2.75) is 25.3 Å². The van der Waals surface area contributed by atoms with Gasteiger partial charge in [-0.15, -0.1) is 0 Å². The molecular formula is C26H23ClN2O3. The summed E-state index contributed by atoms with van der Waals surface area (Å²) in [5, 5.41) is 3.63. The number of amides is 2. The minimum atomic E-state index is -0.550. The van der Waals surface area contributed by atoms with Gasteiger partial charge in [0.05, 0.1) is 24.8 Å². The molecule has 0 unspecified atom stereocenters. The molecule has 0 saturated carbocycles. The van der Waals surface area contributed by atoms with E-state index in [4.69, 9.17) is 16.3 Å². The van der Waals surface area contributed by atoms with Gasteiger partial charge in [0.15, 0.2) is 0 Å². The molecular weight excluding hydrogens is 424 g/mol. The Bertz CT molecular complexity index is 1240. The molecule has 0 bridgehead atoms. The second kappa shape index (κ2) is 7.99. The third-order valence-electron chi connectivity index (χ3n) is 6.46. The summed E-state index contributed by atoms with van der Waals surface area (Å²) >= 11 is 6.24. The zero-order chi connectivity index (χ0) is 22.4. The molecule has 2 amide bonds. The van der Waals surface area contributed by atoms with Crippen LogP contribution in [0.3, 0.4) is 0 Å². The van der Waals surface area contributed by atoms with E-state index in [2.05, 4.69) is 11.4 Å². The van der Waals surface area contributed by atoms with Crippen LogP contribution in [0, 0.1) is 6.92 Å². The lowest BCUT2D eigenvalue weighted by molar-refractivity contribution is -0.119. The highest BCUT2D eigenvalue weighted by Gasteiger charge is 2.46. The minimum Gasteiger partial charge on any atom is -0.495 e. The molecule has 2 atom stereocenters. The van der Waals surface area contributed by atoms with E-state index in [-0.39, 0.29) is 17.9 Å². The number of fused-ring (bicyclic) bond motifs is 4. The number of aryl methyl sites for hydroxylation is 1. The molecule has 162 valence electrons. The molecule has 0 saturated heterocycles. The highest BCUT2D eigenvalue weighted by molar-refractivity contribution is 6.31. The number of nitrogens with zero attached hydrogens (tertiary/aromatic N) is 1. The first-order valence-electron chi connectivity index (χ1n) is 10.6. The van der Waals surface area contributed by atoms with E-state index in [0.717, 1.165) is 23.1 Å². The maximum absolute atomic E-state index is 13.8. The largest absolute Gasteiger partial charge is 0.495 e. The maximum Gasteiger partial charge on any atom is 0.254 e. The van der Waals surface area contributed by atoms with E-state index < -0.39 is 5.92 Å². The Morgan fingerprint density at radius 2 is 1.81 bits per heavy atom. The highest BCUT2D eigenvalue weighted by Crippen LogP contribution is 2.46. The maximum atomic E-state index is 13.8. The first-order valence-corrected chi connectivity index (χ1v) is 11.0. The summed E-state index contributed by atoms with van der Waals surface area (Å²) < 4.78 is 5.46. The molecule has 0 fully saturated rings. The lowest BCUT2D eigenvalue weighted by atomic mass is 9.76. The molecule has 3 aromatic rings. The van der Waals surface area contributed by atoms with Crippen LogP contribution >= 0.6 is 11.6 Å². The third-order valence-corrected chi connectivity index (χ3v) is 6.86. The molecule has 0 radical (unpaired) electrons. The summed E-state index contributed by atoms with van der Waals surface area (Å²) in [6, 6.07) is 18.6. The molecule has 32 heavy (non-hydrogen) atoms. The lowest BCUT2D eigenvalue weighted by Crippen LogP contribution is -2.49. The van der Waals surface area contributed by atoms with Crippen molar-refractivity contribution in [1.29, 1.82) is 0 Å². The monoisotopic (exact) mass is 446 g/mol. The molecule has 3 aromatic carbocycles. The summed E-state index contributed by atoms with van der Waals surface area (Å²) in [6.07, 6.45) is 0.777. The van der Waals surface area contributed by atoms with Crippen molar-refractivity contribution in [2.24, 2.45) is 0 Å². The smallest absolute Gasteiger partial charge is 0.254 e. The molecule has 0 aliphatic carbocycles. The number of hydrogen-bond acceptors (Lipinski definition) is 3. The number of nitrogens with one attached hydrogen (secondary N) is 1. The fourth-order valence-electron chi connectivity index (χ4n) is 4.90. The summed E-state index contributed by atoms with van der Waals surface area (Å²) in [5.41, 5.74) is 4.94. The van der Waals surface area contributed by atoms with Gasteiger partial charge < -0.3 is 15.0 Å². The normalized spacial score (nSPS) is 19.0. The average Bonchev–Trinajstić information content (AvgIpc) is 2.81. The first-order chi connectivity index (χ1) is 15.5. The van der Waals surface area contributed by atoms with Crippen molar-refractivity contribution < 1.29 is 14.3 Å². The topological polar surface area (TPSA) is 58.6 Å². The summed E-state index contributed by atoms with van der Waals surface area (Å²) in [4.78, 5) is 29.0. The second-order valence-corrected chi connectivity index (χ2v) is 8.66. The van der Waals surface area contributed by atoms with Crippen LogP contribution in [-0.4, -0.2) is 30.4 Å². The van der Waals surface area contributed by atoms with Crippen molar-refractivity contribution in [3.8, 4) is 5.75 Å². The van der Waals surface area contributed by atoms with Crippen LogP contribution in [-0.2, 0) is 11.2 Å². The van der Waals surface area contributed by atoms with E-state index in [1.54, 1.807) is 13.2 Å². The van der Waals surface area contributed by atoms with Gasteiger partial charge in [-0.05, 0) is 47.7 Å². The SMILES string of the molecule is COc1cc(Cl)c(C)cc1NC(=O)[C@H]1c2ccccc2C(=O)N2CCc3ccccc3[C@@H]12. The Balaban J connectivity index is 1.63. The quantitative estimate of drug-likeness (QED) is 0.606. The van der Waals surface area contributed by atoms with Gasteiger partial charge in [-0.1, -0.05) is 54.1 Å². The molecule has 0 aromatic heterocycles. The van der Waals surface area contributed by atoms with Gasteiger partial charge in [0.25, 0.3) is 5.91 Å². The number of methoxy groups -OCH3 is 1. The van der Waals surface area contributed by atoms with Crippen molar-refractivity contribution in [2.75, 3.05) is 19.0 Å². The standard InChI is InChI=1S/C26H23ClN2O3/c1-15-13-21(22(32-2)14-20(15)27)28-25(30)23-18-9-5-6-10-19(18)26(31)29-12-11-16-7-3-4-8-17(16)24(23)29/h3-10,13-14,23-24H,11-12H2,1-2H3,(H,28,30)/t23-,24-/m0/s1. The number of hydrogen-bond donors (Lipinski definition) is 1. The zero-order valence-electron chi connectivity index (χ0n) is 17.9. The predicted molar refractivity (Wildman–Crippen MR) is 124 cm³/mol. The van der Waals surface area contributed by atoms with Crippen molar-refractivity contribution in [3.05, 3.63) is 93.5 Å². The van der Waals surface area contributed by atoms with Gasteiger partial charge in [-0.25, -0.2) is 0 Å². The highest BCUT2D eigenvalue weighted by atomic mass is 35.5. The first kappa shape index (κ1) is 20.6. The van der Waals surface area contributed by atoms with E-state index >= 15 is 0 Å². The van der Waals surface area contributed by atoms with E-state index in [0.29, 0.717) is 28.6 Å². The van der Waals surface area contributed by atoms with Gasteiger partial charge in [0.2, 0.25) is 5.91 Å². The van der Waals surface area contributed by atoms with E-state index in [1.807, 2.05) is 60.4 Å². The molecule has 5 nitrogen and oxygen atoms in total. The van der Waals surface area contributed by atoms with Gasteiger partial charge in [-0.2, -0.15) is 0 Å². The number of carbonyl (C=O) groups is 2. The molecule has 0 spiro atoms. The molecule has 5 rings (SSSR count). The van der Waals surface area contributed by atoms with Gasteiger partial charge in [0.1, 0.15) is 5.75 Å². The van der Waals surface area contributed by atoms with Gasteiger partial charge in [-0.3, -0.25) is 9.59 Å². The predicted octanol–water partition coefficient (Wildman–Crippen LogP) is 5.13. The van der Waals surface area contributed by atoms with Gasteiger partial charge in [0, 0.05) is 23.2 Å². The summed E-state index contributed by atoms with van der Waals surface area (Å²) in [7, 11) is 1.55. The Hall–Kier alpha value is -3.31. The van der Waals surface area contributed by atoms with Crippen molar-refractivity contribution in [1.82, 2.24) is 4.90 Å². The van der Waals surface area contributed by atoms with E-state index in [9.17, 15) is 9.59 Å². The van der Waals surface area contributed by atoms with Crippen LogP contribution in [0.15, 0.2) is 60.7 Å². The Morgan fingerprint density at radius 3 is 2.59 bits per heavy atom. The second-order valence-electron chi connectivity index (χ2n) is 8.25. The molecule has 2 aliphatic rings. The number of anilines is 1. The minimum absolute atomic E-state index is 0.0240. The zero-order valence-corrected chi connectivity index (χ0v) is 18.6. The van der Waals surface area contributed by atoms with E-state index in [1.165, 1.54) is 5.56 Å². The number of carbonyl (C=O) groups excluding carboxylic acids is 2. The van der Waals surface area contributed by atoms with Crippen molar-refractivity contribution in [3.63, 3.8) is 0 Å². The lowest BCUT2D eigenvalue weighted by Gasteiger charge is -2.45. The molecule has 6 heteroatoms. The van der Waals surface area contributed by atoms with Crippen LogP contribution in [0.4, 0.5) is 5.69 Å². The number of ether oxygens (including phenoxy) is 1. The Morgan fingerprint density at radius 1 is 1.09 bits per heavy atom.